The first-order chi connectivity index (χ1) is 11.5. The van der Waals surface area contributed by atoms with Gasteiger partial charge >= 0.3 is 5.97 Å². The summed E-state index contributed by atoms with van der Waals surface area (Å²) in [6.07, 6.45) is -0.421. The number of likely N-dealkylation sites (tertiary alicyclic amines) is 1. The van der Waals surface area contributed by atoms with Gasteiger partial charge in [-0.05, 0) is 11.4 Å². The van der Waals surface area contributed by atoms with E-state index in [0.717, 1.165) is 4.88 Å². The van der Waals surface area contributed by atoms with E-state index >= 15 is 0 Å². The molecule has 0 spiro atoms. The van der Waals surface area contributed by atoms with Gasteiger partial charge in [0.2, 0.25) is 11.8 Å². The second-order valence-corrected chi connectivity index (χ2v) is 7.13. The fourth-order valence-corrected chi connectivity index (χ4v) is 4.35. The SMILES string of the molecule is CN1C(=O)C[C@H](C(=O)N2CCO[C@H](CC(=O)O)C2)[C@@H]1c1cccs1. The standard InChI is InChI=1S/C16H20N2O5S/c1-17-13(19)8-11(15(17)12-3-2-6-24-12)16(22)18-4-5-23-10(9-18)7-14(20)21/h2-3,6,10-11,15H,4-5,7-9H2,1H3,(H,20,21)/t10-,11+,15-/m1/s1. The zero-order chi connectivity index (χ0) is 17.3. The van der Waals surface area contributed by atoms with Crippen LogP contribution in [0.15, 0.2) is 17.5 Å². The Balaban J connectivity index is 1.75. The third-order valence-electron chi connectivity index (χ3n) is 4.59. The summed E-state index contributed by atoms with van der Waals surface area (Å²) < 4.78 is 5.42. The van der Waals surface area contributed by atoms with E-state index in [1.807, 2.05) is 17.5 Å². The fourth-order valence-electron chi connectivity index (χ4n) is 3.41. The molecule has 2 aliphatic rings. The molecule has 1 aromatic rings. The Labute approximate surface area is 143 Å². The highest BCUT2D eigenvalue weighted by atomic mass is 32.1. The van der Waals surface area contributed by atoms with Crippen LogP contribution in [0.4, 0.5) is 0 Å². The van der Waals surface area contributed by atoms with Crippen molar-refractivity contribution in [3.05, 3.63) is 22.4 Å². The molecule has 2 saturated heterocycles. The molecule has 8 heteroatoms. The summed E-state index contributed by atoms with van der Waals surface area (Å²) in [5.74, 6) is -1.50. The van der Waals surface area contributed by atoms with E-state index in [1.165, 1.54) is 11.3 Å². The quantitative estimate of drug-likeness (QED) is 0.872. The molecule has 0 radical (unpaired) electrons. The van der Waals surface area contributed by atoms with Crippen molar-refractivity contribution in [1.29, 1.82) is 0 Å². The summed E-state index contributed by atoms with van der Waals surface area (Å²) in [7, 11) is 1.73. The summed E-state index contributed by atoms with van der Waals surface area (Å²) in [5, 5.41) is 10.8. The number of hydrogen-bond donors (Lipinski definition) is 1. The molecule has 1 N–H and O–H groups in total. The normalized spacial score (nSPS) is 27.5. The molecular formula is C16H20N2O5S. The highest BCUT2D eigenvalue weighted by molar-refractivity contribution is 7.10. The van der Waals surface area contributed by atoms with E-state index in [1.54, 1.807) is 16.8 Å². The van der Waals surface area contributed by atoms with Crippen molar-refractivity contribution < 1.29 is 24.2 Å². The lowest BCUT2D eigenvalue weighted by Crippen LogP contribution is -2.49. The number of rotatable bonds is 4. The molecule has 0 aliphatic carbocycles. The lowest BCUT2D eigenvalue weighted by molar-refractivity contribution is -0.150. The lowest BCUT2D eigenvalue weighted by atomic mass is 9.96. The van der Waals surface area contributed by atoms with Crippen LogP contribution in [0.25, 0.3) is 0 Å². The number of morpholine rings is 1. The summed E-state index contributed by atoms with van der Waals surface area (Å²) in [6.45, 7) is 1.01. The molecule has 0 unspecified atom stereocenters. The molecule has 0 aromatic carbocycles. The smallest absolute Gasteiger partial charge is 0.306 e. The number of aliphatic carboxylic acids is 1. The minimum atomic E-state index is -0.943. The maximum absolute atomic E-state index is 13.0. The van der Waals surface area contributed by atoms with E-state index in [4.69, 9.17) is 9.84 Å². The number of carbonyl (C=O) groups is 3. The van der Waals surface area contributed by atoms with E-state index in [-0.39, 0.29) is 37.2 Å². The van der Waals surface area contributed by atoms with E-state index in [0.29, 0.717) is 13.2 Å². The Morgan fingerprint density at radius 2 is 2.25 bits per heavy atom. The van der Waals surface area contributed by atoms with Gasteiger partial charge in [-0.25, -0.2) is 0 Å². The summed E-state index contributed by atoms with van der Waals surface area (Å²) >= 11 is 1.54. The molecule has 3 atom stereocenters. The zero-order valence-electron chi connectivity index (χ0n) is 13.4. The topological polar surface area (TPSA) is 87.2 Å². The predicted molar refractivity (Wildman–Crippen MR) is 86.5 cm³/mol. The molecule has 24 heavy (non-hydrogen) atoms. The Morgan fingerprint density at radius 1 is 1.46 bits per heavy atom. The van der Waals surface area contributed by atoms with Gasteiger partial charge in [0.25, 0.3) is 0 Å². The molecule has 1 aromatic heterocycles. The highest BCUT2D eigenvalue weighted by Crippen LogP contribution is 2.40. The number of carbonyl (C=O) groups excluding carboxylic acids is 2. The molecule has 3 rings (SSSR count). The first-order valence-electron chi connectivity index (χ1n) is 7.88. The molecule has 0 bridgehead atoms. The Bertz CT molecular complexity index is 632. The summed E-state index contributed by atoms with van der Waals surface area (Å²) in [4.78, 5) is 40.3. The van der Waals surface area contributed by atoms with E-state index < -0.39 is 18.0 Å². The molecule has 130 valence electrons. The van der Waals surface area contributed by atoms with Crippen LogP contribution in [0.3, 0.4) is 0 Å². The van der Waals surface area contributed by atoms with Crippen molar-refractivity contribution in [2.24, 2.45) is 5.92 Å². The Kier molecular flexibility index (Phi) is 4.86. The maximum atomic E-state index is 13.0. The number of carboxylic acid groups (broad SMARTS) is 1. The van der Waals surface area contributed by atoms with Crippen molar-refractivity contribution in [1.82, 2.24) is 9.80 Å². The minimum Gasteiger partial charge on any atom is -0.481 e. The van der Waals surface area contributed by atoms with Gasteiger partial charge in [0.05, 0.1) is 31.1 Å². The van der Waals surface area contributed by atoms with Crippen LogP contribution in [0.5, 0.6) is 0 Å². The van der Waals surface area contributed by atoms with Gasteiger partial charge in [-0.15, -0.1) is 11.3 Å². The lowest BCUT2D eigenvalue weighted by Gasteiger charge is -2.35. The number of hydrogen-bond acceptors (Lipinski definition) is 5. The molecule has 2 amide bonds. The monoisotopic (exact) mass is 352 g/mol. The fraction of sp³-hybridized carbons (Fsp3) is 0.562. The van der Waals surface area contributed by atoms with Gasteiger partial charge in [-0.3, -0.25) is 14.4 Å². The van der Waals surface area contributed by atoms with Crippen LogP contribution in [-0.2, 0) is 19.1 Å². The third-order valence-corrected chi connectivity index (χ3v) is 5.53. The van der Waals surface area contributed by atoms with Crippen LogP contribution < -0.4 is 0 Å². The van der Waals surface area contributed by atoms with E-state index in [2.05, 4.69) is 0 Å². The number of ether oxygens (including phenoxy) is 1. The van der Waals surface area contributed by atoms with Crippen molar-refractivity contribution >= 4 is 29.1 Å². The number of carboxylic acids is 1. The van der Waals surface area contributed by atoms with Crippen molar-refractivity contribution in [2.45, 2.75) is 25.0 Å². The van der Waals surface area contributed by atoms with Crippen molar-refractivity contribution in [3.8, 4) is 0 Å². The summed E-state index contributed by atoms with van der Waals surface area (Å²) in [5.41, 5.74) is 0. The molecule has 7 nitrogen and oxygen atoms in total. The minimum absolute atomic E-state index is 0.0397. The van der Waals surface area contributed by atoms with Crippen molar-refractivity contribution in [3.63, 3.8) is 0 Å². The van der Waals surface area contributed by atoms with E-state index in [9.17, 15) is 14.4 Å². The van der Waals surface area contributed by atoms with Crippen LogP contribution in [0.1, 0.15) is 23.8 Å². The largest absolute Gasteiger partial charge is 0.481 e. The highest BCUT2D eigenvalue weighted by Gasteiger charge is 2.45. The van der Waals surface area contributed by atoms with Gasteiger partial charge in [0.1, 0.15) is 0 Å². The van der Waals surface area contributed by atoms with Crippen LogP contribution in [0, 0.1) is 5.92 Å². The number of thiophene rings is 1. The van der Waals surface area contributed by atoms with Crippen LogP contribution >= 0.6 is 11.3 Å². The van der Waals surface area contributed by atoms with Crippen LogP contribution in [0.2, 0.25) is 0 Å². The average molecular weight is 352 g/mol. The third kappa shape index (κ3) is 3.29. The average Bonchev–Trinajstić information content (AvgIpc) is 3.15. The molecule has 2 fully saturated rings. The molecule has 2 aliphatic heterocycles. The van der Waals surface area contributed by atoms with Gasteiger partial charge in [0.15, 0.2) is 0 Å². The number of nitrogens with zero attached hydrogens (tertiary/aromatic N) is 2. The van der Waals surface area contributed by atoms with Gasteiger partial charge in [0, 0.05) is 31.4 Å². The predicted octanol–water partition coefficient (Wildman–Crippen LogP) is 0.970. The second kappa shape index (κ2) is 6.90. The van der Waals surface area contributed by atoms with Crippen molar-refractivity contribution in [2.75, 3.05) is 26.7 Å². The van der Waals surface area contributed by atoms with Gasteiger partial charge in [-0.1, -0.05) is 6.07 Å². The zero-order valence-corrected chi connectivity index (χ0v) is 14.2. The Hall–Kier alpha value is -1.93. The van der Waals surface area contributed by atoms with Gasteiger partial charge < -0.3 is 19.6 Å². The Morgan fingerprint density at radius 3 is 2.92 bits per heavy atom. The second-order valence-electron chi connectivity index (χ2n) is 6.15. The molecular weight excluding hydrogens is 332 g/mol. The molecule has 3 heterocycles. The maximum Gasteiger partial charge on any atom is 0.306 e. The first-order valence-corrected chi connectivity index (χ1v) is 8.76. The number of amides is 2. The molecule has 0 saturated carbocycles. The van der Waals surface area contributed by atoms with Gasteiger partial charge in [-0.2, -0.15) is 0 Å². The summed E-state index contributed by atoms with van der Waals surface area (Å²) in [6, 6.07) is 3.61. The first kappa shape index (κ1) is 16.9. The van der Waals surface area contributed by atoms with Crippen LogP contribution in [-0.4, -0.2) is 65.5 Å².